The summed E-state index contributed by atoms with van der Waals surface area (Å²) in [6.07, 6.45) is 0.925. The number of hydrogen-bond acceptors (Lipinski definition) is 4. The van der Waals surface area contributed by atoms with E-state index in [2.05, 4.69) is 5.32 Å². The molecule has 0 saturated carbocycles. The molecule has 5 nitrogen and oxygen atoms in total. The summed E-state index contributed by atoms with van der Waals surface area (Å²) in [7, 11) is 0. The van der Waals surface area contributed by atoms with Gasteiger partial charge < -0.3 is 14.8 Å². The molecule has 0 aliphatic carbocycles. The summed E-state index contributed by atoms with van der Waals surface area (Å²) in [5.74, 6) is 0.0489. The molecule has 0 spiro atoms. The first-order chi connectivity index (χ1) is 8.29. The van der Waals surface area contributed by atoms with Crippen molar-refractivity contribution in [3.05, 3.63) is 0 Å². The van der Waals surface area contributed by atoms with Gasteiger partial charge in [0, 0.05) is 19.1 Å². The normalized spacial score (nSPS) is 19.1. The predicted octanol–water partition coefficient (Wildman–Crippen LogP) is 1.90. The fourth-order valence-corrected chi connectivity index (χ4v) is 1.89. The summed E-state index contributed by atoms with van der Waals surface area (Å²) in [6.45, 7) is 8.31. The molecule has 0 bridgehead atoms. The number of alkyl carbamates (subject to hydrolysis) is 1. The molecule has 1 aliphatic heterocycles. The van der Waals surface area contributed by atoms with Gasteiger partial charge in [0.2, 0.25) is 0 Å². The molecule has 1 amide bonds. The van der Waals surface area contributed by atoms with E-state index in [0.717, 1.165) is 12.8 Å². The molecule has 1 atom stereocenters. The van der Waals surface area contributed by atoms with Crippen LogP contribution in [-0.2, 0) is 14.3 Å². The lowest BCUT2D eigenvalue weighted by Crippen LogP contribution is -2.44. The molecule has 0 aromatic heterocycles. The van der Waals surface area contributed by atoms with Gasteiger partial charge in [0.1, 0.15) is 5.60 Å². The van der Waals surface area contributed by atoms with Gasteiger partial charge in [-0.05, 0) is 40.5 Å². The van der Waals surface area contributed by atoms with Crippen LogP contribution in [0, 0.1) is 5.92 Å². The minimum Gasteiger partial charge on any atom is -0.444 e. The maximum Gasteiger partial charge on any atom is 0.408 e. The van der Waals surface area contributed by atoms with E-state index in [9.17, 15) is 9.59 Å². The minimum absolute atomic E-state index is 0.0105. The average molecular weight is 257 g/mol. The molecular weight excluding hydrogens is 234 g/mol. The zero-order chi connectivity index (χ0) is 13.8. The summed E-state index contributed by atoms with van der Waals surface area (Å²) < 4.78 is 10.3. The standard InChI is InChI=1S/C13H23NO4/c1-9(14-12(16)18-13(2,3)4)11(15)10-5-7-17-8-6-10/h9-10H,5-8H2,1-4H3,(H,14,16)/t9-/m1/s1. The van der Waals surface area contributed by atoms with Crippen molar-refractivity contribution in [2.45, 2.75) is 52.2 Å². The Balaban J connectivity index is 2.41. The SMILES string of the molecule is C[C@@H](NC(=O)OC(C)(C)C)C(=O)C1CCOCC1. The van der Waals surface area contributed by atoms with Crippen molar-refractivity contribution in [3.63, 3.8) is 0 Å². The molecule has 0 unspecified atom stereocenters. The van der Waals surface area contributed by atoms with Crippen molar-refractivity contribution in [2.75, 3.05) is 13.2 Å². The fraction of sp³-hybridized carbons (Fsp3) is 0.846. The Morgan fingerprint density at radius 1 is 1.28 bits per heavy atom. The second kappa shape index (κ2) is 6.18. The van der Waals surface area contributed by atoms with Gasteiger partial charge in [-0.3, -0.25) is 4.79 Å². The van der Waals surface area contributed by atoms with E-state index in [1.54, 1.807) is 27.7 Å². The molecule has 0 aromatic rings. The molecule has 1 fully saturated rings. The van der Waals surface area contributed by atoms with Gasteiger partial charge in [-0.15, -0.1) is 0 Å². The van der Waals surface area contributed by atoms with E-state index in [1.165, 1.54) is 0 Å². The number of Topliss-reactive ketones (excluding diaryl/α,β-unsaturated/α-hetero) is 1. The van der Waals surface area contributed by atoms with E-state index in [0.29, 0.717) is 13.2 Å². The van der Waals surface area contributed by atoms with Gasteiger partial charge >= 0.3 is 6.09 Å². The van der Waals surface area contributed by atoms with Crippen LogP contribution in [-0.4, -0.2) is 36.7 Å². The third-order valence-electron chi connectivity index (χ3n) is 2.78. The van der Waals surface area contributed by atoms with E-state index >= 15 is 0 Å². The Morgan fingerprint density at radius 2 is 1.83 bits per heavy atom. The molecule has 1 N–H and O–H groups in total. The molecule has 18 heavy (non-hydrogen) atoms. The number of carbonyl (C=O) groups is 2. The predicted molar refractivity (Wildman–Crippen MR) is 67.4 cm³/mol. The van der Waals surface area contributed by atoms with Crippen LogP contribution in [0.1, 0.15) is 40.5 Å². The van der Waals surface area contributed by atoms with Crippen molar-refractivity contribution < 1.29 is 19.1 Å². The Hall–Kier alpha value is -1.10. The van der Waals surface area contributed by atoms with Gasteiger partial charge in [-0.25, -0.2) is 4.79 Å². The maximum absolute atomic E-state index is 12.1. The van der Waals surface area contributed by atoms with Crippen molar-refractivity contribution in [2.24, 2.45) is 5.92 Å². The zero-order valence-corrected chi connectivity index (χ0v) is 11.6. The van der Waals surface area contributed by atoms with Gasteiger partial charge in [0.25, 0.3) is 0 Å². The molecule has 5 heteroatoms. The number of rotatable bonds is 3. The molecule has 1 heterocycles. The number of amides is 1. The number of nitrogens with one attached hydrogen (secondary N) is 1. The molecule has 0 aromatic carbocycles. The van der Waals surface area contributed by atoms with E-state index in [1.807, 2.05) is 0 Å². The van der Waals surface area contributed by atoms with E-state index < -0.39 is 17.7 Å². The Labute approximate surface area is 108 Å². The number of carbonyl (C=O) groups excluding carboxylic acids is 2. The highest BCUT2D eigenvalue weighted by Crippen LogP contribution is 2.17. The molecule has 1 rings (SSSR count). The van der Waals surface area contributed by atoms with Crippen LogP contribution in [0.5, 0.6) is 0 Å². The fourth-order valence-electron chi connectivity index (χ4n) is 1.89. The maximum atomic E-state index is 12.1. The first kappa shape index (κ1) is 15.0. The summed E-state index contributed by atoms with van der Waals surface area (Å²) in [6, 6.07) is -0.511. The topological polar surface area (TPSA) is 64.6 Å². The molecule has 1 aliphatic rings. The van der Waals surface area contributed by atoms with Crippen LogP contribution in [0.15, 0.2) is 0 Å². The van der Waals surface area contributed by atoms with Crippen LogP contribution in [0.25, 0.3) is 0 Å². The van der Waals surface area contributed by atoms with Gasteiger partial charge in [-0.2, -0.15) is 0 Å². The lowest BCUT2D eigenvalue weighted by Gasteiger charge is -2.25. The molecule has 1 saturated heterocycles. The number of ether oxygens (including phenoxy) is 2. The average Bonchev–Trinajstić information content (AvgIpc) is 2.26. The van der Waals surface area contributed by atoms with Crippen molar-refractivity contribution in [1.82, 2.24) is 5.32 Å². The van der Waals surface area contributed by atoms with Crippen LogP contribution >= 0.6 is 0 Å². The Morgan fingerprint density at radius 3 is 2.33 bits per heavy atom. The number of ketones is 1. The minimum atomic E-state index is -0.550. The smallest absolute Gasteiger partial charge is 0.408 e. The van der Waals surface area contributed by atoms with Gasteiger partial charge in [0.05, 0.1) is 6.04 Å². The van der Waals surface area contributed by atoms with Crippen LogP contribution in [0.2, 0.25) is 0 Å². The highest BCUT2D eigenvalue weighted by Gasteiger charge is 2.28. The quantitative estimate of drug-likeness (QED) is 0.838. The van der Waals surface area contributed by atoms with Crippen LogP contribution in [0.3, 0.4) is 0 Å². The third kappa shape index (κ3) is 5.04. The lowest BCUT2D eigenvalue weighted by atomic mass is 9.92. The Kier molecular flexibility index (Phi) is 5.14. The largest absolute Gasteiger partial charge is 0.444 e. The summed E-state index contributed by atoms with van der Waals surface area (Å²) in [4.78, 5) is 23.6. The zero-order valence-electron chi connectivity index (χ0n) is 11.6. The summed E-state index contributed by atoms with van der Waals surface area (Å²) in [5.41, 5.74) is -0.550. The van der Waals surface area contributed by atoms with Crippen molar-refractivity contribution in [3.8, 4) is 0 Å². The van der Waals surface area contributed by atoms with Crippen LogP contribution in [0.4, 0.5) is 4.79 Å². The highest BCUT2D eigenvalue weighted by atomic mass is 16.6. The van der Waals surface area contributed by atoms with E-state index in [4.69, 9.17) is 9.47 Å². The van der Waals surface area contributed by atoms with E-state index in [-0.39, 0.29) is 11.7 Å². The second-order valence-electron chi connectivity index (χ2n) is 5.66. The molecule has 104 valence electrons. The van der Waals surface area contributed by atoms with Gasteiger partial charge in [0.15, 0.2) is 5.78 Å². The summed E-state index contributed by atoms with van der Waals surface area (Å²) >= 11 is 0. The van der Waals surface area contributed by atoms with Crippen molar-refractivity contribution >= 4 is 11.9 Å². The molecule has 0 radical (unpaired) electrons. The van der Waals surface area contributed by atoms with Crippen LogP contribution < -0.4 is 5.32 Å². The highest BCUT2D eigenvalue weighted by molar-refractivity contribution is 5.88. The first-order valence-corrected chi connectivity index (χ1v) is 6.40. The Bertz CT molecular complexity index is 303. The second-order valence-corrected chi connectivity index (χ2v) is 5.66. The lowest BCUT2D eigenvalue weighted by molar-refractivity contribution is -0.127. The van der Waals surface area contributed by atoms with Crippen molar-refractivity contribution in [1.29, 1.82) is 0 Å². The van der Waals surface area contributed by atoms with Gasteiger partial charge in [-0.1, -0.05) is 0 Å². The monoisotopic (exact) mass is 257 g/mol. The molecular formula is C13H23NO4. The third-order valence-corrected chi connectivity index (χ3v) is 2.78. The first-order valence-electron chi connectivity index (χ1n) is 6.40. The summed E-state index contributed by atoms with van der Waals surface area (Å²) in [5, 5.41) is 2.58. The number of hydrogen-bond donors (Lipinski definition) is 1.